The summed E-state index contributed by atoms with van der Waals surface area (Å²) in [5.41, 5.74) is 3.70. The molecule has 1 N–H and O–H groups in total. The van der Waals surface area contributed by atoms with Crippen molar-refractivity contribution in [1.29, 1.82) is 0 Å². The number of nitrogens with zero attached hydrogens (tertiary/aromatic N) is 1. The summed E-state index contributed by atoms with van der Waals surface area (Å²) in [4.78, 5) is 2.61. The summed E-state index contributed by atoms with van der Waals surface area (Å²) >= 11 is 0. The van der Waals surface area contributed by atoms with Crippen molar-refractivity contribution in [2.75, 3.05) is 20.8 Å². The summed E-state index contributed by atoms with van der Waals surface area (Å²) in [6, 6.07) is 28.0. The van der Waals surface area contributed by atoms with E-state index in [2.05, 4.69) is 53.4 Å². The SMILES string of the molecule is COc1ccccc1CC[C@@H]1CC[C@H](CCc2ccccc2OC)N1[C@@H](CO)c1ccccc1. The van der Waals surface area contributed by atoms with Crippen LogP contribution in [-0.4, -0.2) is 42.9 Å². The molecular weight excluding hydrogens is 422 g/mol. The zero-order valence-electron chi connectivity index (χ0n) is 20.4. The zero-order chi connectivity index (χ0) is 23.8. The van der Waals surface area contributed by atoms with E-state index in [0.29, 0.717) is 12.1 Å². The topological polar surface area (TPSA) is 41.9 Å². The van der Waals surface area contributed by atoms with Crippen LogP contribution in [0.2, 0.25) is 0 Å². The van der Waals surface area contributed by atoms with Crippen molar-refractivity contribution in [2.24, 2.45) is 0 Å². The van der Waals surface area contributed by atoms with Gasteiger partial charge in [-0.05, 0) is 67.3 Å². The van der Waals surface area contributed by atoms with E-state index in [0.717, 1.165) is 50.0 Å². The van der Waals surface area contributed by atoms with Crippen LogP contribution in [0, 0.1) is 0 Å². The van der Waals surface area contributed by atoms with Gasteiger partial charge < -0.3 is 14.6 Å². The first kappa shape index (κ1) is 24.3. The lowest BCUT2D eigenvalue weighted by atomic mass is 9.98. The molecule has 0 bridgehead atoms. The second kappa shape index (κ2) is 12.0. The predicted octanol–water partition coefficient (Wildman–Crippen LogP) is 5.84. The molecule has 1 saturated heterocycles. The largest absolute Gasteiger partial charge is 0.496 e. The van der Waals surface area contributed by atoms with Crippen molar-refractivity contribution >= 4 is 0 Å². The standard InChI is InChI=1S/C30H37NO3/c1-33-29-14-8-6-12-24(29)16-18-26-20-21-27(19-17-25-13-7-9-15-30(25)34-2)31(26)28(22-32)23-10-4-3-5-11-23/h3-15,26-28,32H,16-22H2,1-2H3/t26-,27+,28-/m0/s1. The minimum atomic E-state index is 0.00837. The fraction of sp³-hybridized carbons (Fsp3) is 0.400. The minimum Gasteiger partial charge on any atom is -0.496 e. The van der Waals surface area contributed by atoms with Crippen molar-refractivity contribution < 1.29 is 14.6 Å². The lowest BCUT2D eigenvalue weighted by Gasteiger charge is -2.37. The molecule has 0 radical (unpaired) electrons. The van der Waals surface area contributed by atoms with Crippen LogP contribution in [0.4, 0.5) is 0 Å². The maximum absolute atomic E-state index is 10.5. The van der Waals surface area contributed by atoms with Gasteiger partial charge in [0.1, 0.15) is 11.5 Å². The van der Waals surface area contributed by atoms with Gasteiger partial charge in [0, 0.05) is 12.1 Å². The Hall–Kier alpha value is -2.82. The van der Waals surface area contributed by atoms with Crippen LogP contribution in [0.15, 0.2) is 78.9 Å². The molecule has 34 heavy (non-hydrogen) atoms. The molecule has 0 amide bonds. The highest BCUT2D eigenvalue weighted by Gasteiger charge is 2.38. The number of rotatable bonds is 11. The van der Waals surface area contributed by atoms with Crippen LogP contribution >= 0.6 is 0 Å². The Bertz CT molecular complexity index is 963. The molecular formula is C30H37NO3. The first-order chi connectivity index (χ1) is 16.7. The Morgan fingerprint density at radius 3 is 1.68 bits per heavy atom. The van der Waals surface area contributed by atoms with Gasteiger partial charge >= 0.3 is 0 Å². The number of hydrogen-bond acceptors (Lipinski definition) is 4. The van der Waals surface area contributed by atoms with Gasteiger partial charge in [0.15, 0.2) is 0 Å². The summed E-state index contributed by atoms with van der Waals surface area (Å²) in [6.07, 6.45) is 6.34. The normalized spacial score (nSPS) is 19.1. The third-order valence-corrected chi connectivity index (χ3v) is 7.27. The van der Waals surface area contributed by atoms with Gasteiger partial charge in [-0.3, -0.25) is 4.90 Å². The number of aliphatic hydroxyl groups is 1. The summed E-state index contributed by atoms with van der Waals surface area (Å²) in [5, 5.41) is 10.5. The first-order valence-corrected chi connectivity index (χ1v) is 12.4. The highest BCUT2D eigenvalue weighted by atomic mass is 16.5. The van der Waals surface area contributed by atoms with E-state index in [4.69, 9.17) is 9.47 Å². The highest BCUT2D eigenvalue weighted by molar-refractivity contribution is 5.34. The Balaban J connectivity index is 1.54. The smallest absolute Gasteiger partial charge is 0.122 e. The summed E-state index contributed by atoms with van der Waals surface area (Å²) < 4.78 is 11.2. The Labute approximate surface area is 204 Å². The van der Waals surface area contributed by atoms with Gasteiger partial charge in [0.25, 0.3) is 0 Å². The van der Waals surface area contributed by atoms with E-state index in [1.807, 2.05) is 30.3 Å². The molecule has 3 aromatic carbocycles. The molecule has 4 heteroatoms. The number of benzene rings is 3. The summed E-state index contributed by atoms with van der Waals surface area (Å²) in [7, 11) is 3.48. The maximum atomic E-state index is 10.5. The number of likely N-dealkylation sites (tertiary alicyclic amines) is 1. The number of methoxy groups -OCH3 is 2. The van der Waals surface area contributed by atoms with Crippen LogP contribution < -0.4 is 9.47 Å². The van der Waals surface area contributed by atoms with Crippen LogP contribution in [0.3, 0.4) is 0 Å². The Morgan fingerprint density at radius 1 is 0.735 bits per heavy atom. The maximum Gasteiger partial charge on any atom is 0.122 e. The fourth-order valence-corrected chi connectivity index (χ4v) is 5.59. The molecule has 0 aliphatic carbocycles. The zero-order valence-corrected chi connectivity index (χ0v) is 20.4. The van der Waals surface area contributed by atoms with E-state index in [-0.39, 0.29) is 12.6 Å². The van der Waals surface area contributed by atoms with Crippen LogP contribution in [0.1, 0.15) is 48.4 Å². The van der Waals surface area contributed by atoms with Crippen LogP contribution in [-0.2, 0) is 12.8 Å². The second-order valence-corrected chi connectivity index (χ2v) is 9.14. The van der Waals surface area contributed by atoms with Gasteiger partial charge in [-0.25, -0.2) is 0 Å². The monoisotopic (exact) mass is 459 g/mol. The molecule has 1 aliphatic heterocycles. The van der Waals surface area contributed by atoms with Gasteiger partial charge in [0.2, 0.25) is 0 Å². The first-order valence-electron chi connectivity index (χ1n) is 12.4. The molecule has 0 spiro atoms. The number of aliphatic hydroxyl groups excluding tert-OH is 1. The summed E-state index contributed by atoms with van der Waals surface area (Å²) in [5.74, 6) is 1.92. The van der Waals surface area contributed by atoms with Crippen LogP contribution in [0.25, 0.3) is 0 Å². The Morgan fingerprint density at radius 2 is 1.21 bits per heavy atom. The summed E-state index contributed by atoms with van der Waals surface area (Å²) in [6.45, 7) is 0.125. The van der Waals surface area contributed by atoms with E-state index in [1.54, 1.807) is 14.2 Å². The fourth-order valence-electron chi connectivity index (χ4n) is 5.59. The molecule has 180 valence electrons. The average molecular weight is 460 g/mol. The van der Waals surface area contributed by atoms with E-state index in [9.17, 15) is 5.11 Å². The second-order valence-electron chi connectivity index (χ2n) is 9.14. The van der Waals surface area contributed by atoms with Gasteiger partial charge in [-0.2, -0.15) is 0 Å². The molecule has 3 atom stereocenters. The van der Waals surface area contributed by atoms with Crippen LogP contribution in [0.5, 0.6) is 11.5 Å². The average Bonchev–Trinajstić information content (AvgIpc) is 3.30. The number of ether oxygens (including phenoxy) is 2. The quantitative estimate of drug-likeness (QED) is 0.391. The van der Waals surface area contributed by atoms with Gasteiger partial charge in [0.05, 0.1) is 26.9 Å². The molecule has 0 unspecified atom stereocenters. The van der Waals surface area contributed by atoms with E-state index < -0.39 is 0 Å². The van der Waals surface area contributed by atoms with Crippen molar-refractivity contribution in [2.45, 2.75) is 56.7 Å². The molecule has 3 aromatic rings. The van der Waals surface area contributed by atoms with Crippen molar-refractivity contribution in [3.05, 3.63) is 95.6 Å². The molecule has 4 rings (SSSR count). The highest BCUT2D eigenvalue weighted by Crippen LogP contribution is 2.38. The molecule has 0 aromatic heterocycles. The molecule has 1 heterocycles. The van der Waals surface area contributed by atoms with Gasteiger partial charge in [-0.1, -0.05) is 66.7 Å². The number of para-hydroxylation sites is 2. The lowest BCUT2D eigenvalue weighted by molar-refractivity contribution is 0.0706. The van der Waals surface area contributed by atoms with Crippen molar-refractivity contribution in [3.8, 4) is 11.5 Å². The van der Waals surface area contributed by atoms with E-state index >= 15 is 0 Å². The number of hydrogen-bond donors (Lipinski definition) is 1. The molecule has 4 nitrogen and oxygen atoms in total. The molecule has 1 fully saturated rings. The lowest BCUT2D eigenvalue weighted by Crippen LogP contribution is -2.41. The number of aryl methyl sites for hydroxylation is 2. The third kappa shape index (κ3) is 5.63. The predicted molar refractivity (Wildman–Crippen MR) is 138 cm³/mol. The van der Waals surface area contributed by atoms with Crippen molar-refractivity contribution in [1.82, 2.24) is 4.90 Å². The molecule has 1 aliphatic rings. The minimum absolute atomic E-state index is 0.00837. The Kier molecular flexibility index (Phi) is 8.62. The molecule has 0 saturated carbocycles. The van der Waals surface area contributed by atoms with Gasteiger partial charge in [-0.15, -0.1) is 0 Å². The third-order valence-electron chi connectivity index (χ3n) is 7.27. The van der Waals surface area contributed by atoms with E-state index in [1.165, 1.54) is 16.7 Å². The van der Waals surface area contributed by atoms with Crippen molar-refractivity contribution in [3.63, 3.8) is 0 Å².